The molecule has 1 fully saturated rings. The van der Waals surface area contributed by atoms with E-state index in [2.05, 4.69) is 23.7 Å². The number of allylic oxidation sites excluding steroid dienone is 2. The molecule has 138 valence electrons. The second-order valence-corrected chi connectivity index (χ2v) is 7.69. The third kappa shape index (κ3) is 3.55. The molecule has 0 amide bonds. The van der Waals surface area contributed by atoms with Gasteiger partial charge in [-0.3, -0.25) is 15.1 Å². The lowest BCUT2D eigenvalue weighted by Crippen LogP contribution is -2.15. The molecule has 0 spiro atoms. The van der Waals surface area contributed by atoms with E-state index in [1.54, 1.807) is 18.2 Å². The van der Waals surface area contributed by atoms with E-state index in [0.29, 0.717) is 24.3 Å². The average Bonchev–Trinajstić information content (AvgIpc) is 3.40. The molecule has 2 aliphatic carbocycles. The van der Waals surface area contributed by atoms with Gasteiger partial charge in [0, 0.05) is 35.2 Å². The highest BCUT2D eigenvalue weighted by molar-refractivity contribution is 7.07. The predicted molar refractivity (Wildman–Crippen MR) is 108 cm³/mol. The van der Waals surface area contributed by atoms with Gasteiger partial charge in [0.15, 0.2) is 0 Å². The van der Waals surface area contributed by atoms with Gasteiger partial charge in [-0.15, -0.1) is 17.9 Å². The smallest absolute Gasteiger partial charge is 0.258 e. The quantitative estimate of drug-likeness (QED) is 0.325. The number of nitro groups is 1. The molecule has 2 aromatic rings. The molecule has 1 saturated carbocycles. The van der Waals surface area contributed by atoms with Gasteiger partial charge in [0.2, 0.25) is 4.80 Å². The first-order chi connectivity index (χ1) is 13.2. The summed E-state index contributed by atoms with van der Waals surface area (Å²) < 4.78 is 1.84. The summed E-state index contributed by atoms with van der Waals surface area (Å²) in [5, 5.41) is 17.6. The largest absolute Gasteiger partial charge is 0.269 e. The van der Waals surface area contributed by atoms with Crippen LogP contribution in [0.3, 0.4) is 0 Å². The molecule has 0 aliphatic heterocycles. The summed E-state index contributed by atoms with van der Waals surface area (Å²) in [5.41, 5.74) is 1.84. The minimum Gasteiger partial charge on any atom is -0.258 e. The number of hydrogen-bond acceptors (Lipinski definition) is 5. The maximum absolute atomic E-state index is 10.9. The fourth-order valence-electron chi connectivity index (χ4n) is 3.76. The minimum absolute atomic E-state index is 0.0781. The fraction of sp³-hybridized carbons (Fsp3) is 0.300. The molecular weight excluding hydrogens is 360 g/mol. The van der Waals surface area contributed by atoms with E-state index >= 15 is 0 Å². The van der Waals surface area contributed by atoms with Gasteiger partial charge in [-0.05, 0) is 36.8 Å². The Morgan fingerprint density at radius 1 is 1.30 bits per heavy atom. The number of nitro benzene ring substituents is 1. The molecule has 3 atom stereocenters. The van der Waals surface area contributed by atoms with Gasteiger partial charge in [-0.1, -0.05) is 18.2 Å². The van der Waals surface area contributed by atoms with Crippen molar-refractivity contribution in [2.75, 3.05) is 6.54 Å². The zero-order valence-electron chi connectivity index (χ0n) is 14.8. The number of thiazole rings is 1. The highest BCUT2D eigenvalue weighted by Gasteiger charge is 2.34. The third-order valence-corrected chi connectivity index (χ3v) is 5.97. The summed E-state index contributed by atoms with van der Waals surface area (Å²) in [6, 6.07) is 6.54. The standard InChI is InChI=1S/C20H20N4O2S/c1-2-9-21-20-23(22-12-17-11-14-3-4-16(17)10-14)19(13-27-20)15-5-7-18(8-6-15)24(25)26/h2-8,12-14,16-17H,1,9-11H2. The Morgan fingerprint density at radius 3 is 2.74 bits per heavy atom. The molecule has 3 unspecified atom stereocenters. The zero-order valence-corrected chi connectivity index (χ0v) is 15.6. The van der Waals surface area contributed by atoms with Crippen LogP contribution in [0.1, 0.15) is 12.8 Å². The lowest BCUT2D eigenvalue weighted by Gasteiger charge is -2.12. The van der Waals surface area contributed by atoms with Gasteiger partial charge in [0.25, 0.3) is 5.69 Å². The monoisotopic (exact) mass is 380 g/mol. The number of hydrogen-bond donors (Lipinski definition) is 0. The number of rotatable bonds is 6. The molecule has 1 aromatic heterocycles. The maximum atomic E-state index is 10.9. The summed E-state index contributed by atoms with van der Waals surface area (Å²) in [6.07, 6.45) is 10.8. The van der Waals surface area contributed by atoms with E-state index in [-0.39, 0.29) is 5.69 Å². The molecule has 0 radical (unpaired) electrons. The second kappa shape index (κ2) is 7.44. The number of benzene rings is 1. The van der Waals surface area contributed by atoms with E-state index in [1.807, 2.05) is 16.3 Å². The molecular formula is C20H20N4O2S. The van der Waals surface area contributed by atoms with Crippen LogP contribution in [0, 0.1) is 27.9 Å². The van der Waals surface area contributed by atoms with Crippen LogP contribution in [-0.4, -0.2) is 22.4 Å². The van der Waals surface area contributed by atoms with Crippen molar-refractivity contribution in [1.82, 2.24) is 4.68 Å². The topological polar surface area (TPSA) is 72.8 Å². The molecule has 0 N–H and O–H groups in total. The van der Waals surface area contributed by atoms with E-state index < -0.39 is 4.92 Å². The van der Waals surface area contributed by atoms with E-state index in [1.165, 1.54) is 29.9 Å². The van der Waals surface area contributed by atoms with Gasteiger partial charge in [-0.25, -0.2) is 4.68 Å². The Morgan fingerprint density at radius 2 is 2.11 bits per heavy atom. The van der Waals surface area contributed by atoms with Crippen molar-refractivity contribution in [3.05, 3.63) is 69.4 Å². The molecule has 2 bridgehead atoms. The van der Waals surface area contributed by atoms with Crippen LogP contribution < -0.4 is 4.80 Å². The van der Waals surface area contributed by atoms with Crippen LogP contribution in [0.25, 0.3) is 11.3 Å². The fourth-order valence-corrected chi connectivity index (χ4v) is 4.61. The average molecular weight is 380 g/mol. The highest BCUT2D eigenvalue weighted by Crippen LogP contribution is 2.42. The van der Waals surface area contributed by atoms with Crippen molar-refractivity contribution in [2.24, 2.45) is 27.8 Å². The van der Waals surface area contributed by atoms with Crippen molar-refractivity contribution in [2.45, 2.75) is 12.8 Å². The SMILES string of the molecule is C=CCN=c1scc(-c2ccc([N+](=O)[O-])cc2)n1N=CC1CC2C=CC1C2. The van der Waals surface area contributed by atoms with Crippen molar-refractivity contribution < 1.29 is 4.92 Å². The summed E-state index contributed by atoms with van der Waals surface area (Å²) in [6.45, 7) is 4.24. The summed E-state index contributed by atoms with van der Waals surface area (Å²) in [4.78, 5) is 15.8. The van der Waals surface area contributed by atoms with Gasteiger partial charge in [-0.2, -0.15) is 5.10 Å². The third-order valence-electron chi connectivity index (χ3n) is 5.12. The summed E-state index contributed by atoms with van der Waals surface area (Å²) in [5.74, 6) is 1.75. The van der Waals surface area contributed by atoms with Crippen molar-refractivity contribution in [1.29, 1.82) is 0 Å². The molecule has 1 aromatic carbocycles. The van der Waals surface area contributed by atoms with Gasteiger partial charge >= 0.3 is 0 Å². The first-order valence-corrected chi connectivity index (χ1v) is 9.83. The van der Waals surface area contributed by atoms with Crippen molar-refractivity contribution in [3.63, 3.8) is 0 Å². The molecule has 1 heterocycles. The predicted octanol–water partition coefficient (Wildman–Crippen LogP) is 4.26. The van der Waals surface area contributed by atoms with E-state index in [9.17, 15) is 10.1 Å². The molecule has 0 saturated heterocycles. The van der Waals surface area contributed by atoms with Crippen LogP contribution in [0.4, 0.5) is 5.69 Å². The normalized spacial score (nSPS) is 24.1. The molecule has 4 rings (SSSR count). The first-order valence-electron chi connectivity index (χ1n) is 8.95. The number of aromatic nitrogens is 1. The zero-order chi connectivity index (χ0) is 18.8. The van der Waals surface area contributed by atoms with Crippen LogP contribution >= 0.6 is 11.3 Å². The van der Waals surface area contributed by atoms with Gasteiger partial charge < -0.3 is 0 Å². The molecule has 7 heteroatoms. The van der Waals surface area contributed by atoms with Crippen LogP contribution in [0.5, 0.6) is 0 Å². The molecule has 2 aliphatic rings. The van der Waals surface area contributed by atoms with Crippen molar-refractivity contribution >= 4 is 23.2 Å². The summed E-state index contributed by atoms with van der Waals surface area (Å²) >= 11 is 1.51. The summed E-state index contributed by atoms with van der Waals surface area (Å²) in [7, 11) is 0. The Kier molecular flexibility index (Phi) is 4.85. The highest BCUT2D eigenvalue weighted by atomic mass is 32.1. The van der Waals surface area contributed by atoms with Crippen LogP contribution in [0.15, 0.2) is 64.5 Å². The molecule has 27 heavy (non-hydrogen) atoms. The number of nitrogens with zero attached hydrogens (tertiary/aromatic N) is 4. The lowest BCUT2D eigenvalue weighted by atomic mass is 9.95. The van der Waals surface area contributed by atoms with Crippen molar-refractivity contribution in [3.8, 4) is 11.3 Å². The Labute approximate surface area is 161 Å². The molecule has 6 nitrogen and oxygen atoms in total. The Hall–Kier alpha value is -2.80. The number of non-ortho nitro benzene ring substituents is 1. The second-order valence-electron chi connectivity index (χ2n) is 6.86. The first kappa shape index (κ1) is 17.6. The van der Waals surface area contributed by atoms with Crippen LogP contribution in [0.2, 0.25) is 0 Å². The van der Waals surface area contributed by atoms with E-state index in [0.717, 1.165) is 22.5 Å². The number of fused-ring (bicyclic) bond motifs is 2. The van der Waals surface area contributed by atoms with E-state index in [4.69, 9.17) is 5.10 Å². The lowest BCUT2D eigenvalue weighted by molar-refractivity contribution is -0.384. The van der Waals surface area contributed by atoms with Crippen LogP contribution in [-0.2, 0) is 0 Å². The maximum Gasteiger partial charge on any atom is 0.269 e. The van der Waals surface area contributed by atoms with Gasteiger partial charge in [0.1, 0.15) is 0 Å². The minimum atomic E-state index is -0.392. The Bertz CT molecular complexity index is 984. The van der Waals surface area contributed by atoms with Gasteiger partial charge in [0.05, 0.1) is 17.2 Å². The Balaban J connectivity index is 1.69.